The van der Waals surface area contributed by atoms with Gasteiger partial charge in [-0.15, -0.1) is 0 Å². The fraction of sp³-hybridized carbons (Fsp3) is 0.333. The average molecular weight is 233 g/mol. The maximum Gasteiger partial charge on any atom is 0.354 e. The molecule has 0 aliphatic rings. The standard InChI is InChI=1S/C9H9F2NO4/c1-2-16-9(15)5-3-4(7(10)11)6(13)8(14)12-5/h3,7,13H,2H2,1H3,(H,12,14). The summed E-state index contributed by atoms with van der Waals surface area (Å²) in [6, 6.07) is 0.694. The Bertz CT molecular complexity index is 455. The number of aromatic amines is 1. The van der Waals surface area contributed by atoms with Crippen LogP contribution < -0.4 is 5.56 Å². The molecular formula is C9H9F2NO4. The molecule has 0 saturated carbocycles. The fourth-order valence-corrected chi connectivity index (χ4v) is 1.06. The molecule has 5 nitrogen and oxygen atoms in total. The Labute approximate surface area is 88.7 Å². The highest BCUT2D eigenvalue weighted by atomic mass is 19.3. The lowest BCUT2D eigenvalue weighted by atomic mass is 10.2. The molecule has 88 valence electrons. The largest absolute Gasteiger partial charge is 0.503 e. The summed E-state index contributed by atoms with van der Waals surface area (Å²) in [6.07, 6.45) is -3.05. The molecule has 0 atom stereocenters. The molecule has 1 aromatic heterocycles. The number of alkyl halides is 2. The van der Waals surface area contributed by atoms with Gasteiger partial charge >= 0.3 is 5.97 Å². The number of halogens is 2. The molecule has 0 saturated heterocycles. The van der Waals surface area contributed by atoms with Gasteiger partial charge in [0.15, 0.2) is 5.75 Å². The number of esters is 1. The van der Waals surface area contributed by atoms with E-state index >= 15 is 0 Å². The lowest BCUT2D eigenvalue weighted by molar-refractivity contribution is 0.0518. The van der Waals surface area contributed by atoms with Gasteiger partial charge in [0.05, 0.1) is 12.2 Å². The van der Waals surface area contributed by atoms with Gasteiger partial charge < -0.3 is 14.8 Å². The summed E-state index contributed by atoms with van der Waals surface area (Å²) >= 11 is 0. The predicted octanol–water partition coefficient (Wildman–Crippen LogP) is 1.19. The second-order valence-electron chi connectivity index (χ2n) is 2.84. The number of rotatable bonds is 3. The Morgan fingerprint density at radius 2 is 2.25 bits per heavy atom. The molecule has 1 heterocycles. The van der Waals surface area contributed by atoms with Crippen molar-refractivity contribution in [2.45, 2.75) is 13.3 Å². The van der Waals surface area contributed by atoms with Crippen LogP contribution in [0.3, 0.4) is 0 Å². The third-order valence-corrected chi connectivity index (χ3v) is 1.77. The summed E-state index contributed by atoms with van der Waals surface area (Å²) in [5, 5.41) is 9.03. The number of ether oxygens (including phenoxy) is 1. The van der Waals surface area contributed by atoms with E-state index in [1.54, 1.807) is 0 Å². The highest BCUT2D eigenvalue weighted by Crippen LogP contribution is 2.25. The van der Waals surface area contributed by atoms with E-state index in [1.165, 1.54) is 6.92 Å². The maximum absolute atomic E-state index is 12.4. The highest BCUT2D eigenvalue weighted by Gasteiger charge is 2.19. The maximum atomic E-state index is 12.4. The molecule has 0 fully saturated rings. The lowest BCUT2D eigenvalue weighted by Crippen LogP contribution is -2.16. The number of carbonyl (C=O) groups excluding carboxylic acids is 1. The third kappa shape index (κ3) is 2.36. The van der Waals surface area contributed by atoms with Gasteiger partial charge in [-0.25, -0.2) is 13.6 Å². The second kappa shape index (κ2) is 4.73. The van der Waals surface area contributed by atoms with Crippen LogP contribution in [-0.2, 0) is 4.74 Å². The zero-order valence-electron chi connectivity index (χ0n) is 8.29. The van der Waals surface area contributed by atoms with E-state index in [-0.39, 0.29) is 6.61 Å². The van der Waals surface area contributed by atoms with Crippen LogP contribution >= 0.6 is 0 Å². The SMILES string of the molecule is CCOC(=O)c1cc(C(F)F)c(O)c(=O)[nH]1. The number of nitrogens with one attached hydrogen (secondary N) is 1. The molecule has 7 heteroatoms. The summed E-state index contributed by atoms with van der Waals surface area (Å²) in [6.45, 7) is 1.58. The zero-order chi connectivity index (χ0) is 12.3. The quantitative estimate of drug-likeness (QED) is 0.768. The van der Waals surface area contributed by atoms with E-state index in [4.69, 9.17) is 5.11 Å². The van der Waals surface area contributed by atoms with Gasteiger partial charge in [0.1, 0.15) is 5.69 Å². The summed E-state index contributed by atoms with van der Waals surface area (Å²) in [7, 11) is 0. The number of hydrogen-bond acceptors (Lipinski definition) is 4. The van der Waals surface area contributed by atoms with E-state index in [0.717, 1.165) is 0 Å². The minimum atomic E-state index is -3.05. The third-order valence-electron chi connectivity index (χ3n) is 1.77. The molecule has 0 unspecified atom stereocenters. The number of carbonyl (C=O) groups is 1. The lowest BCUT2D eigenvalue weighted by Gasteiger charge is -2.05. The smallest absolute Gasteiger partial charge is 0.354 e. The molecule has 16 heavy (non-hydrogen) atoms. The Balaban J connectivity index is 3.24. The first-order chi connectivity index (χ1) is 7.47. The Morgan fingerprint density at radius 1 is 1.62 bits per heavy atom. The van der Waals surface area contributed by atoms with Crippen molar-refractivity contribution in [3.63, 3.8) is 0 Å². The van der Waals surface area contributed by atoms with Crippen LogP contribution in [0, 0.1) is 0 Å². The van der Waals surface area contributed by atoms with Gasteiger partial charge in [-0.05, 0) is 13.0 Å². The molecular weight excluding hydrogens is 224 g/mol. The van der Waals surface area contributed by atoms with Gasteiger partial charge in [0, 0.05) is 0 Å². The normalized spacial score (nSPS) is 10.5. The highest BCUT2D eigenvalue weighted by molar-refractivity contribution is 5.87. The molecule has 0 amide bonds. The monoisotopic (exact) mass is 233 g/mol. The number of aromatic nitrogens is 1. The van der Waals surface area contributed by atoms with Crippen LogP contribution in [-0.4, -0.2) is 22.7 Å². The number of aromatic hydroxyl groups is 1. The molecule has 0 radical (unpaired) electrons. The van der Waals surface area contributed by atoms with Crippen LogP contribution in [0.4, 0.5) is 8.78 Å². The molecule has 0 spiro atoms. The molecule has 0 aliphatic heterocycles. The topological polar surface area (TPSA) is 79.4 Å². The van der Waals surface area contributed by atoms with Crippen LogP contribution in [0.2, 0.25) is 0 Å². The van der Waals surface area contributed by atoms with E-state index in [2.05, 4.69) is 4.74 Å². The first-order valence-electron chi connectivity index (χ1n) is 4.38. The minimum Gasteiger partial charge on any atom is -0.503 e. The van der Waals surface area contributed by atoms with Crippen LogP contribution in [0.1, 0.15) is 29.4 Å². The predicted molar refractivity (Wildman–Crippen MR) is 49.6 cm³/mol. The van der Waals surface area contributed by atoms with Crippen molar-refractivity contribution in [1.29, 1.82) is 0 Å². The Kier molecular flexibility index (Phi) is 3.60. The van der Waals surface area contributed by atoms with Crippen molar-refractivity contribution in [2.75, 3.05) is 6.61 Å². The van der Waals surface area contributed by atoms with Crippen molar-refractivity contribution in [3.8, 4) is 5.75 Å². The summed E-state index contributed by atoms with van der Waals surface area (Å²) in [5.74, 6) is -2.02. The van der Waals surface area contributed by atoms with Crippen molar-refractivity contribution in [1.82, 2.24) is 4.98 Å². The van der Waals surface area contributed by atoms with Crippen molar-refractivity contribution >= 4 is 5.97 Å². The van der Waals surface area contributed by atoms with E-state index in [0.29, 0.717) is 6.07 Å². The average Bonchev–Trinajstić information content (AvgIpc) is 2.21. The van der Waals surface area contributed by atoms with Gasteiger partial charge in [-0.2, -0.15) is 0 Å². The summed E-state index contributed by atoms with van der Waals surface area (Å²) in [4.78, 5) is 24.1. The molecule has 0 bridgehead atoms. The van der Waals surface area contributed by atoms with Gasteiger partial charge in [0.25, 0.3) is 12.0 Å². The van der Waals surface area contributed by atoms with Crippen molar-refractivity contribution in [3.05, 3.63) is 27.7 Å². The Morgan fingerprint density at radius 3 is 2.75 bits per heavy atom. The van der Waals surface area contributed by atoms with E-state index in [1.807, 2.05) is 4.98 Å². The molecule has 0 aromatic carbocycles. The first kappa shape index (κ1) is 12.2. The van der Waals surface area contributed by atoms with Gasteiger partial charge in [-0.3, -0.25) is 4.79 Å². The van der Waals surface area contributed by atoms with Crippen LogP contribution in [0.25, 0.3) is 0 Å². The van der Waals surface area contributed by atoms with Gasteiger partial charge in [0.2, 0.25) is 0 Å². The minimum absolute atomic E-state index is 0.0474. The number of H-pyrrole nitrogens is 1. The van der Waals surface area contributed by atoms with Crippen LogP contribution in [0.15, 0.2) is 10.9 Å². The van der Waals surface area contributed by atoms with Crippen LogP contribution in [0.5, 0.6) is 5.75 Å². The number of hydrogen-bond donors (Lipinski definition) is 2. The van der Waals surface area contributed by atoms with Gasteiger partial charge in [-0.1, -0.05) is 0 Å². The Hall–Kier alpha value is -1.92. The van der Waals surface area contributed by atoms with E-state index < -0.39 is 35.0 Å². The number of pyridine rings is 1. The summed E-state index contributed by atoms with van der Waals surface area (Å²) in [5.41, 5.74) is -2.47. The van der Waals surface area contributed by atoms with E-state index in [9.17, 15) is 18.4 Å². The molecule has 0 aliphatic carbocycles. The first-order valence-corrected chi connectivity index (χ1v) is 4.38. The molecule has 2 N–H and O–H groups in total. The fourth-order valence-electron chi connectivity index (χ4n) is 1.06. The second-order valence-corrected chi connectivity index (χ2v) is 2.84. The molecule has 1 rings (SSSR count). The van der Waals surface area contributed by atoms with Crippen molar-refractivity contribution < 1.29 is 23.4 Å². The summed E-state index contributed by atoms with van der Waals surface area (Å²) < 4.78 is 29.3. The van der Waals surface area contributed by atoms with Crippen molar-refractivity contribution in [2.24, 2.45) is 0 Å². The molecule has 1 aromatic rings. The zero-order valence-corrected chi connectivity index (χ0v) is 8.29.